The van der Waals surface area contributed by atoms with E-state index in [0.717, 1.165) is 12.8 Å². The van der Waals surface area contributed by atoms with Crippen LogP contribution in [-0.4, -0.2) is 34.6 Å². The van der Waals surface area contributed by atoms with Crippen LogP contribution in [0.5, 0.6) is 0 Å². The summed E-state index contributed by atoms with van der Waals surface area (Å²) < 4.78 is 0. The van der Waals surface area contributed by atoms with Gasteiger partial charge in [0.05, 0.1) is 5.56 Å². The van der Waals surface area contributed by atoms with Crippen molar-refractivity contribution in [1.82, 2.24) is 15.1 Å². The van der Waals surface area contributed by atoms with Gasteiger partial charge in [-0.05, 0) is 12.5 Å². The number of unbranched alkanes of at least 4 members (excludes halogenated alkanes) is 1. The maximum absolute atomic E-state index is 11.9. The highest BCUT2D eigenvalue weighted by Crippen LogP contribution is 2.17. The number of amides is 1. The van der Waals surface area contributed by atoms with Crippen LogP contribution in [0.3, 0.4) is 0 Å². The van der Waals surface area contributed by atoms with Crippen LogP contribution in [0, 0.1) is 0 Å². The first kappa shape index (κ1) is 13.2. The molecule has 1 heterocycles. The predicted molar refractivity (Wildman–Crippen MR) is 63.9 cm³/mol. The van der Waals surface area contributed by atoms with Crippen LogP contribution in [0.4, 0.5) is 0 Å². The fraction of sp³-hybridized carbons (Fsp3) is 0.500. The van der Waals surface area contributed by atoms with Gasteiger partial charge in [0.2, 0.25) is 0 Å². The first-order valence-corrected chi connectivity index (χ1v) is 5.76. The van der Waals surface area contributed by atoms with Gasteiger partial charge in [0.15, 0.2) is 10.3 Å². The smallest absolute Gasteiger partial charge is 0.256 e. The van der Waals surface area contributed by atoms with Gasteiger partial charge in [-0.3, -0.25) is 4.79 Å². The van der Waals surface area contributed by atoms with E-state index in [9.17, 15) is 4.79 Å². The van der Waals surface area contributed by atoms with Gasteiger partial charge in [-0.25, -0.2) is 0 Å². The summed E-state index contributed by atoms with van der Waals surface area (Å²) in [6.45, 7) is 2.75. The van der Waals surface area contributed by atoms with Crippen LogP contribution in [0.25, 0.3) is 0 Å². The van der Waals surface area contributed by atoms with E-state index in [4.69, 9.17) is 23.2 Å². The summed E-state index contributed by atoms with van der Waals surface area (Å²) in [5.74, 6) is -0.185. The van der Waals surface area contributed by atoms with Gasteiger partial charge in [-0.2, -0.15) is 0 Å². The van der Waals surface area contributed by atoms with Crippen molar-refractivity contribution >= 4 is 29.1 Å². The van der Waals surface area contributed by atoms with Crippen molar-refractivity contribution in [3.05, 3.63) is 21.9 Å². The molecule has 0 N–H and O–H groups in total. The zero-order chi connectivity index (χ0) is 12.1. The molecule has 0 aromatic carbocycles. The minimum Gasteiger partial charge on any atom is -0.342 e. The largest absolute Gasteiger partial charge is 0.342 e. The van der Waals surface area contributed by atoms with Crippen molar-refractivity contribution in [2.75, 3.05) is 13.6 Å². The number of hydrogen-bond donors (Lipinski definition) is 0. The molecule has 1 rings (SSSR count). The van der Waals surface area contributed by atoms with Crippen molar-refractivity contribution in [3.63, 3.8) is 0 Å². The van der Waals surface area contributed by atoms with Crippen LogP contribution < -0.4 is 0 Å². The van der Waals surface area contributed by atoms with E-state index in [1.807, 2.05) is 0 Å². The molecule has 0 radical (unpaired) electrons. The van der Waals surface area contributed by atoms with Crippen LogP contribution in [0.15, 0.2) is 6.07 Å². The molecular formula is C10H13Cl2N3O. The van der Waals surface area contributed by atoms with Crippen molar-refractivity contribution in [2.45, 2.75) is 19.8 Å². The van der Waals surface area contributed by atoms with Crippen LogP contribution in [-0.2, 0) is 0 Å². The maximum atomic E-state index is 11.9. The summed E-state index contributed by atoms with van der Waals surface area (Å²) >= 11 is 11.5. The Morgan fingerprint density at radius 3 is 2.75 bits per heavy atom. The van der Waals surface area contributed by atoms with Gasteiger partial charge in [-0.15, -0.1) is 10.2 Å². The Morgan fingerprint density at radius 1 is 1.44 bits per heavy atom. The second-order valence-corrected chi connectivity index (χ2v) is 4.20. The third-order valence-corrected chi connectivity index (χ3v) is 2.61. The lowest BCUT2D eigenvalue weighted by molar-refractivity contribution is 0.0793. The van der Waals surface area contributed by atoms with E-state index in [0.29, 0.717) is 12.1 Å². The zero-order valence-corrected chi connectivity index (χ0v) is 10.7. The van der Waals surface area contributed by atoms with Gasteiger partial charge in [-0.1, -0.05) is 36.5 Å². The lowest BCUT2D eigenvalue weighted by atomic mass is 10.2. The Morgan fingerprint density at radius 2 is 2.12 bits per heavy atom. The first-order chi connectivity index (χ1) is 7.56. The van der Waals surface area contributed by atoms with E-state index < -0.39 is 0 Å². The molecule has 0 fully saturated rings. The SMILES string of the molecule is CCCCN(C)C(=O)c1cc(Cl)nnc1Cl. The molecule has 16 heavy (non-hydrogen) atoms. The standard InChI is InChI=1S/C10H13Cl2N3O/c1-3-4-5-15(2)10(16)7-6-8(11)13-14-9(7)12/h6H,3-5H2,1-2H3. The number of carbonyl (C=O) groups excluding carboxylic acids is 1. The zero-order valence-electron chi connectivity index (χ0n) is 9.20. The second kappa shape index (κ2) is 6.01. The monoisotopic (exact) mass is 261 g/mol. The normalized spacial score (nSPS) is 10.2. The molecule has 0 aliphatic rings. The summed E-state index contributed by atoms with van der Waals surface area (Å²) in [6.07, 6.45) is 1.98. The topological polar surface area (TPSA) is 46.1 Å². The number of nitrogens with zero attached hydrogens (tertiary/aromatic N) is 3. The molecule has 6 heteroatoms. The minimum atomic E-state index is -0.185. The summed E-state index contributed by atoms with van der Waals surface area (Å²) in [5.41, 5.74) is 0.292. The maximum Gasteiger partial charge on any atom is 0.256 e. The number of halogens is 2. The summed E-state index contributed by atoms with van der Waals surface area (Å²) in [4.78, 5) is 13.5. The summed E-state index contributed by atoms with van der Waals surface area (Å²) in [5, 5.41) is 7.40. The van der Waals surface area contributed by atoms with Crippen LogP contribution in [0.2, 0.25) is 10.3 Å². The van der Waals surface area contributed by atoms with E-state index in [1.165, 1.54) is 6.07 Å². The Hall–Kier alpha value is -0.870. The Balaban J connectivity index is 2.83. The molecule has 0 saturated carbocycles. The molecule has 0 aliphatic heterocycles. The molecule has 0 spiro atoms. The average Bonchev–Trinajstić information content (AvgIpc) is 2.28. The Kier molecular flexibility index (Phi) is 4.96. The van der Waals surface area contributed by atoms with Gasteiger partial charge in [0, 0.05) is 13.6 Å². The number of carbonyl (C=O) groups is 1. The van der Waals surface area contributed by atoms with Crippen molar-refractivity contribution in [2.24, 2.45) is 0 Å². The Labute approximate surface area is 105 Å². The second-order valence-electron chi connectivity index (χ2n) is 3.45. The van der Waals surface area contributed by atoms with Gasteiger partial charge in [0.1, 0.15) is 0 Å². The highest BCUT2D eigenvalue weighted by molar-refractivity contribution is 6.34. The number of rotatable bonds is 4. The van der Waals surface area contributed by atoms with Crippen LogP contribution >= 0.6 is 23.2 Å². The molecule has 0 atom stereocenters. The van der Waals surface area contributed by atoms with Crippen LogP contribution in [0.1, 0.15) is 30.1 Å². The Bertz CT molecular complexity index is 384. The number of aromatic nitrogens is 2. The van der Waals surface area contributed by atoms with E-state index in [2.05, 4.69) is 17.1 Å². The quantitative estimate of drug-likeness (QED) is 0.837. The fourth-order valence-corrected chi connectivity index (χ4v) is 1.53. The molecule has 1 amide bonds. The average molecular weight is 262 g/mol. The van der Waals surface area contributed by atoms with E-state index in [1.54, 1.807) is 11.9 Å². The molecule has 1 aromatic heterocycles. The molecule has 4 nitrogen and oxygen atoms in total. The van der Waals surface area contributed by atoms with Gasteiger partial charge >= 0.3 is 0 Å². The molecule has 0 bridgehead atoms. The molecule has 0 unspecified atom stereocenters. The lowest BCUT2D eigenvalue weighted by Crippen LogP contribution is -2.28. The van der Waals surface area contributed by atoms with Gasteiger partial charge in [0.25, 0.3) is 5.91 Å². The van der Waals surface area contributed by atoms with Crippen molar-refractivity contribution in [1.29, 1.82) is 0 Å². The summed E-state index contributed by atoms with van der Waals surface area (Å²) in [7, 11) is 1.72. The molecule has 0 saturated heterocycles. The van der Waals surface area contributed by atoms with E-state index >= 15 is 0 Å². The first-order valence-electron chi connectivity index (χ1n) is 5.00. The number of hydrogen-bond acceptors (Lipinski definition) is 3. The van der Waals surface area contributed by atoms with Crippen molar-refractivity contribution in [3.8, 4) is 0 Å². The van der Waals surface area contributed by atoms with E-state index in [-0.39, 0.29) is 16.2 Å². The fourth-order valence-electron chi connectivity index (χ4n) is 1.21. The summed E-state index contributed by atoms with van der Waals surface area (Å²) in [6, 6.07) is 1.43. The highest BCUT2D eigenvalue weighted by atomic mass is 35.5. The minimum absolute atomic E-state index is 0.0812. The molecular weight excluding hydrogens is 249 g/mol. The molecule has 88 valence electrons. The lowest BCUT2D eigenvalue weighted by Gasteiger charge is -2.16. The third kappa shape index (κ3) is 3.32. The highest BCUT2D eigenvalue weighted by Gasteiger charge is 2.16. The molecule has 1 aromatic rings. The van der Waals surface area contributed by atoms with Gasteiger partial charge < -0.3 is 4.90 Å². The predicted octanol–water partition coefficient (Wildman–Crippen LogP) is 2.66. The third-order valence-electron chi connectivity index (χ3n) is 2.14. The van der Waals surface area contributed by atoms with Crippen molar-refractivity contribution < 1.29 is 4.79 Å². The molecule has 0 aliphatic carbocycles.